The van der Waals surface area contributed by atoms with Crippen molar-refractivity contribution < 1.29 is 4.74 Å². The van der Waals surface area contributed by atoms with Gasteiger partial charge in [0.1, 0.15) is 16.6 Å². The Bertz CT molecular complexity index is 453. The molecule has 1 unspecified atom stereocenters. The molecule has 0 aromatic carbocycles. The van der Waals surface area contributed by atoms with Gasteiger partial charge in [-0.25, -0.2) is 0 Å². The van der Waals surface area contributed by atoms with Crippen LogP contribution in [-0.4, -0.2) is 30.2 Å². The Hall–Kier alpha value is -1.32. The van der Waals surface area contributed by atoms with Gasteiger partial charge in [0.25, 0.3) is 0 Å². The van der Waals surface area contributed by atoms with Crippen molar-refractivity contribution in [2.75, 3.05) is 30.8 Å². The van der Waals surface area contributed by atoms with Crippen LogP contribution in [0.25, 0.3) is 0 Å². The van der Waals surface area contributed by atoms with Gasteiger partial charge in [0.05, 0.1) is 5.60 Å². The SMILES string of the molecule is COC1(C)CCCN(c2snc(N)c2C#N)C1. The summed E-state index contributed by atoms with van der Waals surface area (Å²) in [5.74, 6) is 0.331. The molecule has 2 N–H and O–H groups in total. The van der Waals surface area contributed by atoms with Gasteiger partial charge in [-0.2, -0.15) is 9.64 Å². The topological polar surface area (TPSA) is 75.2 Å². The molecule has 0 aliphatic carbocycles. The lowest BCUT2D eigenvalue weighted by molar-refractivity contribution is -0.00452. The van der Waals surface area contributed by atoms with E-state index in [4.69, 9.17) is 15.7 Å². The first-order valence-corrected chi connectivity index (χ1v) is 6.32. The molecule has 0 saturated carbocycles. The van der Waals surface area contributed by atoms with E-state index in [0.29, 0.717) is 11.4 Å². The van der Waals surface area contributed by atoms with Crippen molar-refractivity contribution in [2.24, 2.45) is 0 Å². The van der Waals surface area contributed by atoms with E-state index in [0.717, 1.165) is 30.9 Å². The molecule has 1 aromatic rings. The molecule has 0 spiro atoms. The van der Waals surface area contributed by atoms with Crippen molar-refractivity contribution >= 4 is 22.4 Å². The third kappa shape index (κ3) is 2.21. The monoisotopic (exact) mass is 252 g/mol. The number of methoxy groups -OCH3 is 1. The number of nitrogens with zero attached hydrogens (tertiary/aromatic N) is 3. The summed E-state index contributed by atoms with van der Waals surface area (Å²) >= 11 is 1.29. The Kier molecular flexibility index (Phi) is 3.22. The maximum atomic E-state index is 9.08. The van der Waals surface area contributed by atoms with Gasteiger partial charge in [-0.15, -0.1) is 0 Å². The minimum atomic E-state index is -0.149. The molecule has 0 bridgehead atoms. The molecule has 92 valence electrons. The standard InChI is InChI=1S/C11H16N4OS/c1-11(16-2)4-3-5-15(7-11)10-8(6-12)9(13)14-17-10/h3-5,7H2,1-2H3,(H2,13,14). The Morgan fingerprint density at radius 3 is 3.06 bits per heavy atom. The van der Waals surface area contributed by atoms with Crippen LogP contribution in [0.1, 0.15) is 25.3 Å². The third-order valence-electron chi connectivity index (χ3n) is 3.25. The fourth-order valence-electron chi connectivity index (χ4n) is 2.16. The van der Waals surface area contributed by atoms with Crippen LogP contribution in [0.2, 0.25) is 0 Å². The van der Waals surface area contributed by atoms with Crippen LogP contribution in [0.5, 0.6) is 0 Å². The number of hydrogen-bond acceptors (Lipinski definition) is 6. The highest BCUT2D eigenvalue weighted by atomic mass is 32.1. The van der Waals surface area contributed by atoms with Crippen molar-refractivity contribution in [1.29, 1.82) is 5.26 Å². The van der Waals surface area contributed by atoms with Crippen LogP contribution < -0.4 is 10.6 Å². The number of aromatic nitrogens is 1. The van der Waals surface area contributed by atoms with Crippen LogP contribution in [0, 0.1) is 11.3 Å². The highest BCUT2D eigenvalue weighted by molar-refractivity contribution is 7.10. The highest BCUT2D eigenvalue weighted by Crippen LogP contribution is 2.34. The van der Waals surface area contributed by atoms with Gasteiger partial charge in [-0.3, -0.25) is 0 Å². The van der Waals surface area contributed by atoms with Crippen molar-refractivity contribution in [2.45, 2.75) is 25.4 Å². The van der Waals surface area contributed by atoms with Crippen LogP contribution in [0.15, 0.2) is 0 Å². The molecule has 5 nitrogen and oxygen atoms in total. The van der Waals surface area contributed by atoms with Crippen molar-refractivity contribution in [1.82, 2.24) is 4.37 Å². The van der Waals surface area contributed by atoms with Gasteiger partial charge >= 0.3 is 0 Å². The number of hydrogen-bond donors (Lipinski definition) is 1. The molecule has 6 heteroatoms. The van der Waals surface area contributed by atoms with Gasteiger partial charge in [0.2, 0.25) is 0 Å². The Morgan fingerprint density at radius 1 is 1.65 bits per heavy atom. The van der Waals surface area contributed by atoms with E-state index in [1.807, 2.05) is 0 Å². The van der Waals surface area contributed by atoms with Crippen LogP contribution in [-0.2, 0) is 4.74 Å². The fraction of sp³-hybridized carbons (Fsp3) is 0.636. The van der Waals surface area contributed by atoms with E-state index < -0.39 is 0 Å². The van der Waals surface area contributed by atoms with E-state index in [1.165, 1.54) is 11.5 Å². The second-order valence-electron chi connectivity index (χ2n) is 4.54. The summed E-state index contributed by atoms with van der Waals surface area (Å²) in [6.45, 7) is 3.80. The van der Waals surface area contributed by atoms with E-state index in [9.17, 15) is 0 Å². The Labute approximate surface area is 105 Å². The zero-order chi connectivity index (χ0) is 12.5. The lowest BCUT2D eigenvalue weighted by atomic mass is 9.95. The molecule has 1 fully saturated rings. The second kappa shape index (κ2) is 4.51. The maximum absolute atomic E-state index is 9.08. The zero-order valence-electron chi connectivity index (χ0n) is 10.1. The highest BCUT2D eigenvalue weighted by Gasteiger charge is 2.32. The summed E-state index contributed by atoms with van der Waals surface area (Å²) in [5, 5.41) is 9.95. The lowest BCUT2D eigenvalue weighted by Gasteiger charge is -2.39. The molecular formula is C11H16N4OS. The smallest absolute Gasteiger partial charge is 0.157 e. The summed E-state index contributed by atoms with van der Waals surface area (Å²) in [5.41, 5.74) is 6.02. The van der Waals surface area contributed by atoms with E-state index in [2.05, 4.69) is 22.3 Å². The molecule has 1 aliphatic heterocycles. The predicted molar refractivity (Wildman–Crippen MR) is 68.1 cm³/mol. The molecule has 0 radical (unpaired) electrons. The van der Waals surface area contributed by atoms with Crippen LogP contribution in [0.3, 0.4) is 0 Å². The number of rotatable bonds is 2. The largest absolute Gasteiger partial charge is 0.382 e. The van der Waals surface area contributed by atoms with E-state index in [1.54, 1.807) is 7.11 Å². The zero-order valence-corrected chi connectivity index (χ0v) is 10.9. The first-order valence-electron chi connectivity index (χ1n) is 5.55. The molecule has 2 heterocycles. The van der Waals surface area contributed by atoms with Gasteiger partial charge in [0.15, 0.2) is 5.82 Å². The molecular weight excluding hydrogens is 236 g/mol. The predicted octanol–water partition coefficient (Wildman–Crippen LogP) is 1.60. The third-order valence-corrected chi connectivity index (χ3v) is 4.17. The molecule has 17 heavy (non-hydrogen) atoms. The van der Waals surface area contributed by atoms with E-state index in [-0.39, 0.29) is 5.60 Å². The first-order chi connectivity index (χ1) is 8.09. The molecule has 1 aromatic heterocycles. The summed E-state index contributed by atoms with van der Waals surface area (Å²) in [7, 11) is 1.73. The van der Waals surface area contributed by atoms with Gasteiger partial charge in [0, 0.05) is 20.2 Å². The number of nitrogen functional groups attached to an aromatic ring is 1. The van der Waals surface area contributed by atoms with Crippen LogP contribution in [0.4, 0.5) is 10.8 Å². The number of nitriles is 1. The molecule has 1 aliphatic rings. The van der Waals surface area contributed by atoms with Gasteiger partial charge in [-0.1, -0.05) is 0 Å². The molecule has 1 saturated heterocycles. The number of piperidine rings is 1. The Balaban J connectivity index is 2.26. The van der Waals surface area contributed by atoms with Gasteiger partial charge < -0.3 is 15.4 Å². The number of nitrogens with two attached hydrogens (primary N) is 1. The molecule has 0 amide bonds. The van der Waals surface area contributed by atoms with E-state index >= 15 is 0 Å². The molecule has 1 atom stereocenters. The maximum Gasteiger partial charge on any atom is 0.157 e. The number of ether oxygens (including phenoxy) is 1. The summed E-state index contributed by atoms with van der Waals surface area (Å²) in [6, 6.07) is 2.13. The van der Waals surface area contributed by atoms with Crippen LogP contribution >= 0.6 is 11.5 Å². The fourth-order valence-corrected chi connectivity index (χ4v) is 2.95. The quantitative estimate of drug-likeness (QED) is 0.865. The van der Waals surface area contributed by atoms with Crippen molar-refractivity contribution in [3.8, 4) is 6.07 Å². The summed E-state index contributed by atoms with van der Waals surface area (Å²) in [4.78, 5) is 2.15. The van der Waals surface area contributed by atoms with Crippen molar-refractivity contribution in [3.05, 3.63) is 5.56 Å². The minimum absolute atomic E-state index is 0.149. The normalized spacial score (nSPS) is 24.6. The first kappa shape index (κ1) is 12.1. The van der Waals surface area contributed by atoms with Gasteiger partial charge in [-0.05, 0) is 31.3 Å². The lowest BCUT2D eigenvalue weighted by Crippen LogP contribution is -2.47. The average molecular weight is 252 g/mol. The summed E-state index contributed by atoms with van der Waals surface area (Å²) < 4.78 is 9.59. The average Bonchev–Trinajstić information content (AvgIpc) is 2.70. The summed E-state index contributed by atoms with van der Waals surface area (Å²) in [6.07, 6.45) is 2.09. The molecule has 2 rings (SSSR count). The van der Waals surface area contributed by atoms with Crippen molar-refractivity contribution in [3.63, 3.8) is 0 Å². The Morgan fingerprint density at radius 2 is 2.41 bits per heavy atom. The minimum Gasteiger partial charge on any atom is -0.382 e. The number of anilines is 2. The second-order valence-corrected chi connectivity index (χ2v) is 5.29.